The van der Waals surface area contributed by atoms with Crippen LogP contribution in [0.2, 0.25) is 0 Å². The van der Waals surface area contributed by atoms with Crippen LogP contribution >= 0.6 is 0 Å². The minimum Gasteiger partial charge on any atom is -0.321 e. The maximum absolute atomic E-state index is 6.11. The van der Waals surface area contributed by atoms with Gasteiger partial charge in [0.2, 0.25) is 0 Å². The van der Waals surface area contributed by atoms with Crippen LogP contribution in [0.25, 0.3) is 6.08 Å². The van der Waals surface area contributed by atoms with E-state index in [2.05, 4.69) is 37.3 Å². The van der Waals surface area contributed by atoms with Crippen LogP contribution in [0.3, 0.4) is 0 Å². The summed E-state index contributed by atoms with van der Waals surface area (Å²) in [7, 11) is 0. The Balaban J connectivity index is 2.33. The van der Waals surface area contributed by atoms with Gasteiger partial charge in [-0.25, -0.2) is 0 Å². The topological polar surface area (TPSA) is 26.0 Å². The smallest absolute Gasteiger partial charge is 0.0520 e. The zero-order valence-corrected chi connectivity index (χ0v) is 7.96. The first-order valence-corrected chi connectivity index (χ1v) is 4.88. The van der Waals surface area contributed by atoms with Crippen LogP contribution in [0.1, 0.15) is 36.9 Å². The summed E-state index contributed by atoms with van der Waals surface area (Å²) < 4.78 is 0. The lowest BCUT2D eigenvalue weighted by Gasteiger charge is -2.09. The lowest BCUT2D eigenvalue weighted by molar-refractivity contribution is 0.777. The Bertz CT molecular complexity index is 339. The van der Waals surface area contributed by atoms with Crippen molar-refractivity contribution in [1.29, 1.82) is 0 Å². The van der Waals surface area contributed by atoms with E-state index >= 15 is 0 Å². The summed E-state index contributed by atoms with van der Waals surface area (Å²) >= 11 is 0. The van der Waals surface area contributed by atoms with Gasteiger partial charge >= 0.3 is 0 Å². The Labute approximate surface area is 79.3 Å². The highest BCUT2D eigenvalue weighted by molar-refractivity contribution is 5.65. The predicted molar refractivity (Wildman–Crippen MR) is 56.3 cm³/mol. The van der Waals surface area contributed by atoms with Crippen molar-refractivity contribution < 1.29 is 0 Å². The molecule has 0 aromatic heterocycles. The predicted octanol–water partition coefficient (Wildman–Crippen LogP) is 2.88. The van der Waals surface area contributed by atoms with E-state index in [-0.39, 0.29) is 6.04 Å². The van der Waals surface area contributed by atoms with Crippen molar-refractivity contribution in [3.63, 3.8) is 0 Å². The third-order valence-electron chi connectivity index (χ3n) is 2.61. The first kappa shape index (κ1) is 8.52. The summed E-state index contributed by atoms with van der Waals surface area (Å²) in [5.41, 5.74) is 10.1. The molecule has 1 aliphatic rings. The van der Waals surface area contributed by atoms with E-state index in [1.807, 2.05) is 0 Å². The molecule has 0 fully saturated rings. The molecule has 0 saturated carbocycles. The molecule has 1 nitrogen and oxygen atoms in total. The first-order chi connectivity index (χ1) is 6.33. The van der Waals surface area contributed by atoms with E-state index in [4.69, 9.17) is 5.73 Å². The second-order valence-electron chi connectivity index (χ2n) is 3.58. The van der Waals surface area contributed by atoms with Crippen LogP contribution in [-0.4, -0.2) is 0 Å². The molecule has 0 spiro atoms. The van der Waals surface area contributed by atoms with E-state index in [1.54, 1.807) is 0 Å². The fraction of sp³-hybridized carbons (Fsp3) is 0.333. The van der Waals surface area contributed by atoms with E-state index in [0.29, 0.717) is 0 Å². The zero-order chi connectivity index (χ0) is 9.26. The van der Waals surface area contributed by atoms with E-state index in [9.17, 15) is 0 Å². The molecule has 0 heterocycles. The summed E-state index contributed by atoms with van der Waals surface area (Å²) in [6, 6.07) is 8.53. The molecule has 2 rings (SSSR count). The lowest BCUT2D eigenvalue weighted by atomic mass is 10.0. The van der Waals surface area contributed by atoms with Gasteiger partial charge in [-0.15, -0.1) is 0 Å². The quantitative estimate of drug-likeness (QED) is 0.731. The maximum atomic E-state index is 6.11. The number of benzene rings is 1. The van der Waals surface area contributed by atoms with Crippen molar-refractivity contribution in [1.82, 2.24) is 0 Å². The van der Waals surface area contributed by atoms with Crippen LogP contribution in [0.15, 0.2) is 29.8 Å². The van der Waals surface area contributed by atoms with Crippen molar-refractivity contribution in [2.75, 3.05) is 0 Å². The van der Waals surface area contributed by atoms with Gasteiger partial charge in [0.15, 0.2) is 0 Å². The van der Waals surface area contributed by atoms with Gasteiger partial charge in [-0.05, 0) is 23.1 Å². The Hall–Kier alpha value is -1.08. The molecule has 2 N–H and O–H groups in total. The zero-order valence-electron chi connectivity index (χ0n) is 7.96. The van der Waals surface area contributed by atoms with E-state index < -0.39 is 0 Å². The van der Waals surface area contributed by atoms with Gasteiger partial charge in [0, 0.05) is 0 Å². The van der Waals surface area contributed by atoms with Crippen LogP contribution in [0.5, 0.6) is 0 Å². The fourth-order valence-electron chi connectivity index (χ4n) is 1.93. The van der Waals surface area contributed by atoms with Gasteiger partial charge in [-0.1, -0.05) is 43.7 Å². The number of rotatable bonds is 2. The van der Waals surface area contributed by atoms with Crippen LogP contribution < -0.4 is 5.73 Å². The average Bonchev–Trinajstić information content (AvgIpc) is 2.46. The van der Waals surface area contributed by atoms with Gasteiger partial charge in [0.25, 0.3) is 0 Å². The maximum Gasteiger partial charge on any atom is 0.0520 e. The minimum atomic E-state index is 0.149. The molecule has 0 radical (unpaired) electrons. The van der Waals surface area contributed by atoms with Gasteiger partial charge in [-0.3, -0.25) is 0 Å². The average molecular weight is 173 g/mol. The van der Waals surface area contributed by atoms with Crippen molar-refractivity contribution in [3.8, 4) is 0 Å². The van der Waals surface area contributed by atoms with Gasteiger partial charge in [-0.2, -0.15) is 0 Å². The Morgan fingerprint density at radius 3 is 2.77 bits per heavy atom. The van der Waals surface area contributed by atoms with Crippen LogP contribution in [0.4, 0.5) is 0 Å². The highest BCUT2D eigenvalue weighted by Crippen LogP contribution is 2.34. The summed E-state index contributed by atoms with van der Waals surface area (Å²) in [5, 5.41) is 0. The Kier molecular flexibility index (Phi) is 2.19. The van der Waals surface area contributed by atoms with Crippen LogP contribution in [-0.2, 0) is 0 Å². The Morgan fingerprint density at radius 1 is 1.31 bits per heavy atom. The first-order valence-electron chi connectivity index (χ1n) is 4.88. The third kappa shape index (κ3) is 1.40. The monoisotopic (exact) mass is 173 g/mol. The highest BCUT2D eigenvalue weighted by atomic mass is 14.6. The van der Waals surface area contributed by atoms with Gasteiger partial charge < -0.3 is 5.73 Å². The van der Waals surface area contributed by atoms with Crippen molar-refractivity contribution in [2.45, 2.75) is 25.8 Å². The number of fused-ring (bicyclic) bond motifs is 1. The number of nitrogens with two attached hydrogens (primary N) is 1. The molecular formula is C12H15N. The van der Waals surface area contributed by atoms with Gasteiger partial charge in [0.05, 0.1) is 6.04 Å². The fourth-order valence-corrected chi connectivity index (χ4v) is 1.93. The SMILES string of the molecule is CCCC1=Cc2ccccc2C1N. The lowest BCUT2D eigenvalue weighted by Crippen LogP contribution is -2.09. The third-order valence-corrected chi connectivity index (χ3v) is 2.61. The van der Waals surface area contributed by atoms with Crippen molar-refractivity contribution >= 4 is 6.08 Å². The molecule has 1 unspecified atom stereocenters. The normalized spacial score (nSPS) is 19.8. The largest absolute Gasteiger partial charge is 0.321 e. The summed E-state index contributed by atoms with van der Waals surface area (Å²) in [5.74, 6) is 0. The summed E-state index contributed by atoms with van der Waals surface area (Å²) in [6.45, 7) is 2.19. The van der Waals surface area contributed by atoms with Crippen LogP contribution in [0, 0.1) is 0 Å². The second-order valence-corrected chi connectivity index (χ2v) is 3.58. The molecule has 0 bridgehead atoms. The second kappa shape index (κ2) is 3.35. The summed E-state index contributed by atoms with van der Waals surface area (Å²) in [4.78, 5) is 0. The molecule has 13 heavy (non-hydrogen) atoms. The molecule has 1 heteroatoms. The molecular weight excluding hydrogens is 158 g/mol. The Morgan fingerprint density at radius 2 is 2.08 bits per heavy atom. The van der Waals surface area contributed by atoms with Gasteiger partial charge in [0.1, 0.15) is 0 Å². The van der Waals surface area contributed by atoms with Crippen molar-refractivity contribution in [2.24, 2.45) is 5.73 Å². The molecule has 1 aromatic rings. The molecule has 0 amide bonds. The molecule has 1 aliphatic carbocycles. The standard InChI is InChI=1S/C12H15N/c1-2-5-10-8-9-6-3-4-7-11(9)12(10)13/h3-4,6-8,12H,2,5,13H2,1H3. The van der Waals surface area contributed by atoms with E-state index in [1.165, 1.54) is 23.1 Å². The molecule has 0 aliphatic heterocycles. The number of hydrogen-bond donors (Lipinski definition) is 1. The molecule has 0 saturated heterocycles. The van der Waals surface area contributed by atoms with Crippen molar-refractivity contribution in [3.05, 3.63) is 41.0 Å². The van der Waals surface area contributed by atoms with E-state index in [0.717, 1.165) is 6.42 Å². The molecule has 68 valence electrons. The summed E-state index contributed by atoms with van der Waals surface area (Å²) in [6.07, 6.45) is 4.53. The molecule has 1 atom stereocenters. The highest BCUT2D eigenvalue weighted by Gasteiger charge is 2.19. The molecule has 1 aromatic carbocycles. The minimum absolute atomic E-state index is 0.149. The number of hydrogen-bond acceptors (Lipinski definition) is 1.